The largest absolute Gasteiger partial charge is 0.497 e. The van der Waals surface area contributed by atoms with E-state index in [4.69, 9.17) is 9.15 Å². The van der Waals surface area contributed by atoms with Crippen LogP contribution in [0.2, 0.25) is 0 Å². The predicted molar refractivity (Wildman–Crippen MR) is 79.6 cm³/mol. The van der Waals surface area contributed by atoms with Crippen molar-refractivity contribution in [3.05, 3.63) is 68.9 Å². The number of halogens is 3. The lowest BCUT2D eigenvalue weighted by Crippen LogP contribution is -2.31. The van der Waals surface area contributed by atoms with Crippen LogP contribution in [-0.2, 0) is 6.18 Å². The lowest BCUT2D eigenvalue weighted by molar-refractivity contribution is -0.137. The van der Waals surface area contributed by atoms with Crippen LogP contribution in [-0.4, -0.2) is 11.7 Å². The average Bonchev–Trinajstić information content (AvgIpc) is 2.54. The Morgan fingerprint density at radius 1 is 1.04 bits per heavy atom. The molecule has 0 bridgehead atoms. The summed E-state index contributed by atoms with van der Waals surface area (Å²) in [4.78, 5) is 24.6. The van der Waals surface area contributed by atoms with Gasteiger partial charge in [0, 0.05) is 0 Å². The zero-order valence-corrected chi connectivity index (χ0v) is 12.3. The number of hydrogen-bond acceptors (Lipinski definition) is 4. The van der Waals surface area contributed by atoms with Gasteiger partial charge in [-0.1, -0.05) is 0 Å². The van der Waals surface area contributed by atoms with Crippen LogP contribution in [0.5, 0.6) is 5.75 Å². The van der Waals surface area contributed by atoms with Crippen LogP contribution in [0.1, 0.15) is 5.56 Å². The lowest BCUT2D eigenvalue weighted by atomic mass is 10.2. The summed E-state index contributed by atoms with van der Waals surface area (Å²) in [6, 6.07) is 7.97. The van der Waals surface area contributed by atoms with Crippen LogP contribution in [0.25, 0.3) is 16.7 Å². The van der Waals surface area contributed by atoms with Gasteiger partial charge < -0.3 is 9.15 Å². The van der Waals surface area contributed by atoms with E-state index < -0.39 is 23.1 Å². The maximum Gasteiger partial charge on any atom is 0.426 e. The molecule has 5 nitrogen and oxygen atoms in total. The Morgan fingerprint density at radius 2 is 1.71 bits per heavy atom. The van der Waals surface area contributed by atoms with Crippen LogP contribution < -0.4 is 16.1 Å². The molecular formula is C16H10F3NO4. The highest BCUT2D eigenvalue weighted by Crippen LogP contribution is 2.29. The first-order valence-corrected chi connectivity index (χ1v) is 6.73. The first kappa shape index (κ1) is 15.9. The molecule has 24 heavy (non-hydrogen) atoms. The topological polar surface area (TPSA) is 61.4 Å². The van der Waals surface area contributed by atoms with Gasteiger partial charge in [0.1, 0.15) is 11.3 Å². The van der Waals surface area contributed by atoms with Crippen molar-refractivity contribution in [2.45, 2.75) is 6.18 Å². The summed E-state index contributed by atoms with van der Waals surface area (Å²) in [5, 5.41) is 0.0776. The van der Waals surface area contributed by atoms with Gasteiger partial charge >= 0.3 is 11.9 Å². The number of benzene rings is 2. The molecule has 0 radical (unpaired) electrons. The second-order valence-electron chi connectivity index (χ2n) is 4.92. The van der Waals surface area contributed by atoms with Crippen molar-refractivity contribution >= 4 is 11.0 Å². The maximum atomic E-state index is 12.6. The van der Waals surface area contributed by atoms with Crippen LogP contribution in [0.4, 0.5) is 13.2 Å². The van der Waals surface area contributed by atoms with Crippen LogP contribution in [0.3, 0.4) is 0 Å². The third-order valence-electron chi connectivity index (χ3n) is 3.45. The lowest BCUT2D eigenvalue weighted by Gasteiger charge is -2.09. The van der Waals surface area contributed by atoms with Gasteiger partial charge in [-0.05, 0) is 42.5 Å². The van der Waals surface area contributed by atoms with Crippen LogP contribution in [0, 0.1) is 0 Å². The molecule has 0 amide bonds. The van der Waals surface area contributed by atoms with E-state index in [9.17, 15) is 22.8 Å². The highest BCUT2D eigenvalue weighted by Gasteiger charge is 2.30. The molecule has 2 aromatic carbocycles. The molecule has 124 valence electrons. The van der Waals surface area contributed by atoms with E-state index in [0.717, 1.165) is 24.3 Å². The molecule has 0 saturated carbocycles. The Hall–Kier alpha value is -3.03. The summed E-state index contributed by atoms with van der Waals surface area (Å²) in [7, 11) is 1.41. The SMILES string of the molecule is COc1ccc2oc(=O)n(-c3ccc(C(F)(F)F)cc3)c(=O)c2c1. The van der Waals surface area contributed by atoms with E-state index in [0.29, 0.717) is 10.3 Å². The number of methoxy groups -OCH3 is 1. The van der Waals surface area contributed by atoms with Gasteiger partial charge in [-0.25, -0.2) is 9.36 Å². The van der Waals surface area contributed by atoms with Gasteiger partial charge in [-0.3, -0.25) is 4.79 Å². The van der Waals surface area contributed by atoms with Crippen LogP contribution in [0.15, 0.2) is 56.5 Å². The van der Waals surface area contributed by atoms with Gasteiger partial charge in [0.05, 0.1) is 23.7 Å². The summed E-state index contributed by atoms with van der Waals surface area (Å²) in [5.74, 6) is -0.607. The number of rotatable bonds is 2. The molecule has 1 aromatic heterocycles. The Balaban J connectivity index is 2.22. The summed E-state index contributed by atoms with van der Waals surface area (Å²) < 4.78 is 48.6. The third kappa shape index (κ3) is 2.66. The minimum Gasteiger partial charge on any atom is -0.497 e. The minimum absolute atomic E-state index is 0.0218. The first-order valence-electron chi connectivity index (χ1n) is 6.73. The van der Waals surface area contributed by atoms with E-state index in [1.165, 1.54) is 25.3 Å². The molecule has 0 fully saturated rings. The Labute approximate surface area is 132 Å². The monoisotopic (exact) mass is 337 g/mol. The van der Waals surface area contributed by atoms with E-state index in [-0.39, 0.29) is 16.7 Å². The molecule has 0 aliphatic carbocycles. The molecule has 0 aliphatic rings. The number of hydrogen-bond donors (Lipinski definition) is 0. The number of ether oxygens (including phenoxy) is 1. The fourth-order valence-electron chi connectivity index (χ4n) is 2.26. The van der Waals surface area contributed by atoms with Crippen LogP contribution >= 0.6 is 0 Å². The molecule has 0 aliphatic heterocycles. The standard InChI is InChI=1S/C16H10F3NO4/c1-23-11-6-7-13-12(8-11)14(21)20(15(22)24-13)10-4-2-9(3-5-10)16(17,18)19/h2-8H,1H3. The average molecular weight is 337 g/mol. The van der Waals surface area contributed by atoms with Crippen molar-refractivity contribution in [3.63, 3.8) is 0 Å². The van der Waals surface area contributed by atoms with Crippen molar-refractivity contribution in [2.24, 2.45) is 0 Å². The molecule has 0 atom stereocenters. The fraction of sp³-hybridized carbons (Fsp3) is 0.125. The van der Waals surface area contributed by atoms with Gasteiger partial charge in [-0.2, -0.15) is 13.2 Å². The Morgan fingerprint density at radius 3 is 2.29 bits per heavy atom. The van der Waals surface area contributed by atoms with Crippen molar-refractivity contribution in [1.29, 1.82) is 0 Å². The normalized spacial score (nSPS) is 11.7. The number of nitrogens with zero attached hydrogens (tertiary/aromatic N) is 1. The summed E-state index contributed by atoms with van der Waals surface area (Å²) in [6.07, 6.45) is -4.51. The number of fused-ring (bicyclic) bond motifs is 1. The minimum atomic E-state index is -4.51. The third-order valence-corrected chi connectivity index (χ3v) is 3.45. The zero-order valence-electron chi connectivity index (χ0n) is 12.3. The number of alkyl halides is 3. The molecular weight excluding hydrogens is 327 g/mol. The fourth-order valence-corrected chi connectivity index (χ4v) is 2.26. The molecule has 0 spiro atoms. The molecule has 0 saturated heterocycles. The van der Waals surface area contributed by atoms with E-state index in [1.54, 1.807) is 0 Å². The van der Waals surface area contributed by atoms with Gasteiger partial charge in [0.25, 0.3) is 5.56 Å². The molecule has 0 N–H and O–H groups in total. The quantitative estimate of drug-likeness (QED) is 0.721. The van der Waals surface area contributed by atoms with Gasteiger partial charge in [0.15, 0.2) is 0 Å². The summed E-state index contributed by atoms with van der Waals surface area (Å²) in [6.45, 7) is 0. The highest BCUT2D eigenvalue weighted by molar-refractivity contribution is 5.77. The summed E-state index contributed by atoms with van der Waals surface area (Å²) >= 11 is 0. The first-order chi connectivity index (χ1) is 11.3. The van der Waals surface area contributed by atoms with Crippen molar-refractivity contribution in [3.8, 4) is 11.4 Å². The van der Waals surface area contributed by atoms with Crippen molar-refractivity contribution in [2.75, 3.05) is 7.11 Å². The van der Waals surface area contributed by atoms with Crippen molar-refractivity contribution < 1.29 is 22.3 Å². The van der Waals surface area contributed by atoms with Gasteiger partial charge in [0.2, 0.25) is 0 Å². The molecule has 8 heteroatoms. The second kappa shape index (κ2) is 5.55. The highest BCUT2D eigenvalue weighted by atomic mass is 19.4. The summed E-state index contributed by atoms with van der Waals surface area (Å²) in [5.41, 5.74) is -1.55. The number of aromatic nitrogens is 1. The maximum absolute atomic E-state index is 12.6. The predicted octanol–water partition coefficient (Wildman–Crippen LogP) is 2.97. The van der Waals surface area contributed by atoms with E-state index in [2.05, 4.69) is 0 Å². The molecule has 0 unspecified atom stereocenters. The molecule has 3 aromatic rings. The van der Waals surface area contributed by atoms with E-state index >= 15 is 0 Å². The van der Waals surface area contributed by atoms with Gasteiger partial charge in [-0.15, -0.1) is 0 Å². The second-order valence-corrected chi connectivity index (χ2v) is 4.92. The smallest absolute Gasteiger partial charge is 0.426 e. The zero-order chi connectivity index (χ0) is 17.5. The molecule has 3 rings (SSSR count). The van der Waals surface area contributed by atoms with Crippen molar-refractivity contribution in [1.82, 2.24) is 4.57 Å². The van der Waals surface area contributed by atoms with E-state index in [1.807, 2.05) is 0 Å². The molecule has 1 heterocycles. The Bertz CT molecular complexity index is 1020. The Kier molecular flexibility index (Phi) is 3.67.